The van der Waals surface area contributed by atoms with Gasteiger partial charge in [0.2, 0.25) is 0 Å². The van der Waals surface area contributed by atoms with Crippen molar-refractivity contribution in [1.29, 1.82) is 0 Å². The van der Waals surface area contributed by atoms with E-state index in [-0.39, 0.29) is 0 Å². The number of likely N-dealkylation sites (N-methyl/N-ethyl adjacent to an activating group) is 1. The van der Waals surface area contributed by atoms with Gasteiger partial charge in [-0.25, -0.2) is 0 Å². The average Bonchev–Trinajstić information content (AvgIpc) is 2.49. The van der Waals surface area contributed by atoms with Gasteiger partial charge < -0.3 is 15.3 Å². The first kappa shape index (κ1) is 14.1. The standard InChI is InChI=1S/C11H19BrN2OS/c1-11(15,8-14(2)3)7-13-6-10-9(12)4-5-16-10/h4-5,13,15H,6-8H2,1-3H3. The zero-order chi connectivity index (χ0) is 12.2. The third-order valence-corrected chi connectivity index (χ3v) is 4.07. The van der Waals surface area contributed by atoms with Crippen molar-refractivity contribution < 1.29 is 5.11 Å². The number of hydrogen-bond donors (Lipinski definition) is 2. The third kappa shape index (κ3) is 4.93. The van der Waals surface area contributed by atoms with Gasteiger partial charge in [-0.2, -0.15) is 0 Å². The summed E-state index contributed by atoms with van der Waals surface area (Å²) >= 11 is 5.20. The lowest BCUT2D eigenvalue weighted by atomic mass is 10.1. The number of halogens is 1. The summed E-state index contributed by atoms with van der Waals surface area (Å²) in [5, 5.41) is 15.4. The normalized spacial score (nSPS) is 15.4. The second kappa shape index (κ2) is 6.12. The van der Waals surface area contributed by atoms with E-state index in [0.29, 0.717) is 13.1 Å². The fraction of sp³-hybridized carbons (Fsp3) is 0.636. The van der Waals surface area contributed by atoms with Crippen LogP contribution in [0, 0.1) is 0 Å². The smallest absolute Gasteiger partial charge is 0.0869 e. The Bertz CT molecular complexity index is 326. The van der Waals surface area contributed by atoms with Crippen molar-refractivity contribution in [3.8, 4) is 0 Å². The Morgan fingerprint density at radius 1 is 1.56 bits per heavy atom. The van der Waals surface area contributed by atoms with Gasteiger partial charge in [-0.1, -0.05) is 0 Å². The maximum atomic E-state index is 10.1. The molecule has 0 bridgehead atoms. The average molecular weight is 307 g/mol. The van der Waals surface area contributed by atoms with Gasteiger partial charge in [0, 0.05) is 29.0 Å². The second-order valence-corrected chi connectivity index (χ2v) is 6.38. The fourth-order valence-electron chi connectivity index (χ4n) is 1.63. The lowest BCUT2D eigenvalue weighted by Gasteiger charge is -2.27. The molecule has 0 saturated heterocycles. The van der Waals surface area contributed by atoms with E-state index in [1.807, 2.05) is 32.0 Å². The largest absolute Gasteiger partial charge is 0.388 e. The maximum Gasteiger partial charge on any atom is 0.0869 e. The highest BCUT2D eigenvalue weighted by Gasteiger charge is 2.20. The summed E-state index contributed by atoms with van der Waals surface area (Å²) in [5.74, 6) is 0. The molecular formula is C11H19BrN2OS. The first-order valence-electron chi connectivity index (χ1n) is 5.20. The minimum atomic E-state index is -0.687. The van der Waals surface area contributed by atoms with Gasteiger partial charge in [0.05, 0.1) is 5.60 Å². The van der Waals surface area contributed by atoms with Crippen molar-refractivity contribution in [2.45, 2.75) is 19.1 Å². The number of hydrogen-bond acceptors (Lipinski definition) is 4. The van der Waals surface area contributed by atoms with E-state index in [1.165, 1.54) is 4.88 Å². The van der Waals surface area contributed by atoms with Crippen molar-refractivity contribution in [2.75, 3.05) is 27.2 Å². The van der Waals surface area contributed by atoms with Gasteiger partial charge in [0.25, 0.3) is 0 Å². The zero-order valence-corrected chi connectivity index (χ0v) is 12.4. The van der Waals surface area contributed by atoms with E-state index in [9.17, 15) is 5.11 Å². The molecule has 0 aliphatic heterocycles. The molecule has 1 aromatic heterocycles. The highest BCUT2D eigenvalue weighted by atomic mass is 79.9. The molecule has 0 spiro atoms. The monoisotopic (exact) mass is 306 g/mol. The molecule has 2 N–H and O–H groups in total. The third-order valence-electron chi connectivity index (χ3n) is 2.14. The van der Waals surface area contributed by atoms with E-state index in [2.05, 4.69) is 26.6 Å². The van der Waals surface area contributed by atoms with Gasteiger partial charge in [-0.3, -0.25) is 0 Å². The number of aliphatic hydroxyl groups is 1. The Balaban J connectivity index is 2.32. The minimum absolute atomic E-state index is 0.593. The summed E-state index contributed by atoms with van der Waals surface area (Å²) in [7, 11) is 3.93. The highest BCUT2D eigenvalue weighted by molar-refractivity contribution is 9.10. The van der Waals surface area contributed by atoms with E-state index in [1.54, 1.807) is 11.3 Å². The summed E-state index contributed by atoms with van der Waals surface area (Å²) in [4.78, 5) is 3.25. The number of rotatable bonds is 6. The first-order valence-corrected chi connectivity index (χ1v) is 6.88. The van der Waals surface area contributed by atoms with E-state index >= 15 is 0 Å². The predicted molar refractivity (Wildman–Crippen MR) is 72.9 cm³/mol. The van der Waals surface area contributed by atoms with Crippen molar-refractivity contribution in [3.05, 3.63) is 20.8 Å². The SMILES string of the molecule is CN(C)CC(C)(O)CNCc1sccc1Br. The van der Waals surface area contributed by atoms with Gasteiger partial charge in [-0.15, -0.1) is 11.3 Å². The molecule has 1 aromatic rings. The van der Waals surface area contributed by atoms with Crippen LogP contribution in [0.4, 0.5) is 0 Å². The molecule has 1 rings (SSSR count). The number of thiophene rings is 1. The predicted octanol–water partition coefficient (Wildman–Crippen LogP) is 1.91. The van der Waals surface area contributed by atoms with Crippen LogP contribution in [0.15, 0.2) is 15.9 Å². The van der Waals surface area contributed by atoms with Crippen LogP contribution in [0.25, 0.3) is 0 Å². The Hall–Kier alpha value is 0.0600. The molecule has 0 aromatic carbocycles. The molecule has 92 valence electrons. The quantitative estimate of drug-likeness (QED) is 0.843. The maximum absolute atomic E-state index is 10.1. The molecule has 3 nitrogen and oxygen atoms in total. The van der Waals surface area contributed by atoms with Crippen LogP contribution in [-0.2, 0) is 6.54 Å². The van der Waals surface area contributed by atoms with Crippen molar-refractivity contribution in [1.82, 2.24) is 10.2 Å². The molecular weight excluding hydrogens is 288 g/mol. The topological polar surface area (TPSA) is 35.5 Å². The van der Waals surface area contributed by atoms with Crippen molar-refractivity contribution >= 4 is 27.3 Å². The summed E-state index contributed by atoms with van der Waals surface area (Å²) in [5.41, 5.74) is -0.687. The molecule has 0 aliphatic carbocycles. The van der Waals surface area contributed by atoms with Gasteiger partial charge in [0.1, 0.15) is 0 Å². The van der Waals surface area contributed by atoms with E-state index < -0.39 is 5.60 Å². The lowest BCUT2D eigenvalue weighted by Crippen LogP contribution is -2.45. The van der Waals surface area contributed by atoms with Crippen LogP contribution in [0.1, 0.15) is 11.8 Å². The summed E-state index contributed by atoms with van der Waals surface area (Å²) in [6.07, 6.45) is 0. The van der Waals surface area contributed by atoms with Crippen LogP contribution in [0.5, 0.6) is 0 Å². The second-order valence-electron chi connectivity index (χ2n) is 4.53. The Labute approximate surface area is 110 Å². The lowest BCUT2D eigenvalue weighted by molar-refractivity contribution is 0.0336. The number of nitrogens with one attached hydrogen (secondary N) is 1. The molecule has 1 atom stereocenters. The molecule has 5 heteroatoms. The fourth-order valence-corrected chi connectivity index (χ4v) is 3.10. The molecule has 1 unspecified atom stereocenters. The van der Waals surface area contributed by atoms with Gasteiger partial charge >= 0.3 is 0 Å². The van der Waals surface area contributed by atoms with Gasteiger partial charge in [-0.05, 0) is 48.4 Å². The van der Waals surface area contributed by atoms with Crippen molar-refractivity contribution in [2.24, 2.45) is 0 Å². The van der Waals surface area contributed by atoms with E-state index in [0.717, 1.165) is 11.0 Å². The molecule has 1 heterocycles. The Kier molecular flexibility index (Phi) is 5.40. The van der Waals surface area contributed by atoms with Crippen LogP contribution in [0.3, 0.4) is 0 Å². The molecule has 0 fully saturated rings. The minimum Gasteiger partial charge on any atom is -0.388 e. The number of nitrogens with zero attached hydrogens (tertiary/aromatic N) is 1. The van der Waals surface area contributed by atoms with Crippen LogP contribution >= 0.6 is 27.3 Å². The molecule has 0 aliphatic rings. The molecule has 16 heavy (non-hydrogen) atoms. The molecule has 0 amide bonds. The van der Waals surface area contributed by atoms with Gasteiger partial charge in [0.15, 0.2) is 0 Å². The van der Waals surface area contributed by atoms with E-state index in [4.69, 9.17) is 0 Å². The first-order chi connectivity index (χ1) is 7.41. The zero-order valence-electron chi connectivity index (χ0n) is 9.96. The van der Waals surface area contributed by atoms with Crippen LogP contribution < -0.4 is 5.32 Å². The highest BCUT2D eigenvalue weighted by Crippen LogP contribution is 2.22. The molecule has 0 saturated carbocycles. The summed E-state index contributed by atoms with van der Waals surface area (Å²) in [6.45, 7) is 3.90. The molecule has 0 radical (unpaired) electrons. The summed E-state index contributed by atoms with van der Waals surface area (Å²) in [6, 6.07) is 2.04. The van der Waals surface area contributed by atoms with Crippen molar-refractivity contribution in [3.63, 3.8) is 0 Å². The Morgan fingerprint density at radius 3 is 2.75 bits per heavy atom. The van der Waals surface area contributed by atoms with Crippen LogP contribution in [-0.4, -0.2) is 42.8 Å². The Morgan fingerprint density at radius 2 is 2.25 bits per heavy atom. The summed E-state index contributed by atoms with van der Waals surface area (Å²) < 4.78 is 1.14. The van der Waals surface area contributed by atoms with Crippen LogP contribution in [0.2, 0.25) is 0 Å².